The molecule has 6 heteroatoms. The van der Waals surface area contributed by atoms with Crippen molar-refractivity contribution in [1.82, 2.24) is 14.8 Å². The number of rotatable bonds is 2. The molecule has 0 aliphatic carbocycles. The number of aromatic nitrogens is 3. The normalized spacial score (nSPS) is 19.9. The predicted octanol–water partition coefficient (Wildman–Crippen LogP) is 4.84. The van der Waals surface area contributed by atoms with Gasteiger partial charge in [-0.3, -0.25) is 0 Å². The molecular formula is C17H14BrClN4. The topological polar surface area (TPSA) is 42.7 Å². The lowest BCUT2D eigenvalue weighted by Crippen LogP contribution is -2.28. The Balaban J connectivity index is 1.73. The van der Waals surface area contributed by atoms with Crippen molar-refractivity contribution in [3.63, 3.8) is 0 Å². The van der Waals surface area contributed by atoms with Gasteiger partial charge >= 0.3 is 0 Å². The molecule has 23 heavy (non-hydrogen) atoms. The zero-order chi connectivity index (χ0) is 15.8. The first-order chi connectivity index (χ1) is 11.2. The summed E-state index contributed by atoms with van der Waals surface area (Å²) in [6, 6.07) is 16.6. The molecule has 2 aromatic carbocycles. The van der Waals surface area contributed by atoms with Gasteiger partial charge in [0.15, 0.2) is 0 Å². The van der Waals surface area contributed by atoms with E-state index in [2.05, 4.69) is 61.7 Å². The Labute approximate surface area is 147 Å². The molecule has 0 saturated carbocycles. The molecule has 0 fully saturated rings. The van der Waals surface area contributed by atoms with Crippen molar-refractivity contribution in [2.75, 3.05) is 5.32 Å². The van der Waals surface area contributed by atoms with Gasteiger partial charge in [-0.25, -0.2) is 4.68 Å². The molecule has 4 nitrogen and oxygen atoms in total. The van der Waals surface area contributed by atoms with Crippen LogP contribution in [-0.4, -0.2) is 14.8 Å². The summed E-state index contributed by atoms with van der Waals surface area (Å²) in [5.74, 6) is 0.793. The fourth-order valence-electron chi connectivity index (χ4n) is 3.02. The van der Waals surface area contributed by atoms with Crippen LogP contribution in [0.5, 0.6) is 0 Å². The largest absolute Gasteiger partial charge is 0.348 e. The quantitative estimate of drug-likeness (QED) is 0.682. The molecule has 4 rings (SSSR count). The van der Waals surface area contributed by atoms with Crippen molar-refractivity contribution in [2.45, 2.75) is 18.5 Å². The van der Waals surface area contributed by atoms with Gasteiger partial charge in [-0.15, -0.1) is 0 Å². The molecule has 0 amide bonds. The maximum Gasteiger partial charge on any atom is 0.222 e. The van der Waals surface area contributed by atoms with Gasteiger partial charge in [0.1, 0.15) is 6.33 Å². The Morgan fingerprint density at radius 2 is 1.96 bits per heavy atom. The molecular weight excluding hydrogens is 376 g/mol. The van der Waals surface area contributed by atoms with E-state index in [1.165, 1.54) is 11.1 Å². The van der Waals surface area contributed by atoms with E-state index < -0.39 is 0 Å². The summed E-state index contributed by atoms with van der Waals surface area (Å²) in [5, 5.41) is 8.60. The number of nitrogens with one attached hydrogen (secondary N) is 1. The minimum Gasteiger partial charge on any atom is -0.348 e. The van der Waals surface area contributed by atoms with Crippen LogP contribution in [0.1, 0.15) is 29.6 Å². The van der Waals surface area contributed by atoms with Gasteiger partial charge in [0.05, 0.1) is 12.1 Å². The smallest absolute Gasteiger partial charge is 0.222 e. The fraction of sp³-hybridized carbons (Fsp3) is 0.176. The molecule has 1 N–H and O–H groups in total. The SMILES string of the molecule is Clc1ccc(C2CC(c3cccc(Br)c3)Nc3ncnn32)cc1. The van der Waals surface area contributed by atoms with Gasteiger partial charge in [0, 0.05) is 9.50 Å². The summed E-state index contributed by atoms with van der Waals surface area (Å²) < 4.78 is 3.02. The summed E-state index contributed by atoms with van der Waals surface area (Å²) in [6.07, 6.45) is 2.49. The Bertz CT molecular complexity index is 831. The first kappa shape index (κ1) is 14.7. The highest BCUT2D eigenvalue weighted by Gasteiger charge is 2.29. The summed E-state index contributed by atoms with van der Waals surface area (Å²) in [5.41, 5.74) is 2.41. The lowest BCUT2D eigenvalue weighted by Gasteiger charge is -2.32. The maximum absolute atomic E-state index is 6.02. The average Bonchev–Trinajstić information content (AvgIpc) is 3.03. The number of nitrogens with zero attached hydrogens (tertiary/aromatic N) is 3. The lowest BCUT2D eigenvalue weighted by atomic mass is 9.93. The van der Waals surface area contributed by atoms with Gasteiger partial charge in [0.25, 0.3) is 0 Å². The number of hydrogen-bond donors (Lipinski definition) is 1. The van der Waals surface area contributed by atoms with Crippen LogP contribution in [0.15, 0.2) is 59.3 Å². The standard InChI is InChI=1S/C17H14BrClN4/c18-13-3-1-2-12(8-13)15-9-16(11-4-6-14(19)7-5-11)23-17(22-15)20-10-21-23/h1-8,10,15-16H,9H2,(H,20,21,22). The summed E-state index contributed by atoms with van der Waals surface area (Å²) in [4.78, 5) is 4.35. The van der Waals surface area contributed by atoms with Crippen molar-refractivity contribution in [3.05, 3.63) is 75.5 Å². The van der Waals surface area contributed by atoms with Gasteiger partial charge in [-0.05, 0) is 41.8 Å². The number of benzene rings is 2. The monoisotopic (exact) mass is 388 g/mol. The van der Waals surface area contributed by atoms with Crippen molar-refractivity contribution in [3.8, 4) is 0 Å². The Morgan fingerprint density at radius 3 is 2.74 bits per heavy atom. The number of hydrogen-bond acceptors (Lipinski definition) is 3. The molecule has 1 aliphatic rings. The van der Waals surface area contributed by atoms with Crippen LogP contribution in [0.3, 0.4) is 0 Å². The van der Waals surface area contributed by atoms with E-state index in [0.29, 0.717) is 0 Å². The highest BCUT2D eigenvalue weighted by molar-refractivity contribution is 9.10. The van der Waals surface area contributed by atoms with Crippen LogP contribution >= 0.6 is 27.5 Å². The zero-order valence-electron chi connectivity index (χ0n) is 12.2. The summed E-state index contributed by atoms with van der Waals surface area (Å²) in [7, 11) is 0. The molecule has 0 bridgehead atoms. The van der Waals surface area contributed by atoms with Gasteiger partial charge in [-0.2, -0.15) is 10.1 Å². The van der Waals surface area contributed by atoms with Gasteiger partial charge in [-0.1, -0.05) is 51.8 Å². The molecule has 3 aromatic rings. The predicted molar refractivity (Wildman–Crippen MR) is 94.7 cm³/mol. The van der Waals surface area contributed by atoms with E-state index in [-0.39, 0.29) is 12.1 Å². The second-order valence-corrected chi connectivity index (χ2v) is 6.94. The van der Waals surface area contributed by atoms with Crippen LogP contribution in [0, 0.1) is 0 Å². The Kier molecular flexibility index (Phi) is 3.83. The Hall–Kier alpha value is -1.85. The lowest BCUT2D eigenvalue weighted by molar-refractivity contribution is 0.431. The number of anilines is 1. The molecule has 0 saturated heterocycles. The van der Waals surface area contributed by atoms with E-state index in [1.54, 1.807) is 6.33 Å². The molecule has 0 spiro atoms. The minimum atomic E-state index is 0.134. The van der Waals surface area contributed by atoms with Crippen LogP contribution < -0.4 is 5.32 Å². The van der Waals surface area contributed by atoms with E-state index in [1.807, 2.05) is 22.9 Å². The third-order valence-electron chi connectivity index (χ3n) is 4.14. The zero-order valence-corrected chi connectivity index (χ0v) is 14.5. The van der Waals surface area contributed by atoms with Crippen molar-refractivity contribution >= 4 is 33.5 Å². The highest BCUT2D eigenvalue weighted by atomic mass is 79.9. The van der Waals surface area contributed by atoms with Gasteiger partial charge < -0.3 is 5.32 Å². The molecule has 116 valence electrons. The van der Waals surface area contributed by atoms with Crippen molar-refractivity contribution < 1.29 is 0 Å². The maximum atomic E-state index is 6.02. The first-order valence-electron chi connectivity index (χ1n) is 7.38. The second kappa shape index (κ2) is 5.98. The molecule has 1 aromatic heterocycles. The minimum absolute atomic E-state index is 0.134. The molecule has 2 unspecified atom stereocenters. The van der Waals surface area contributed by atoms with Gasteiger partial charge in [0.2, 0.25) is 5.95 Å². The third-order valence-corrected chi connectivity index (χ3v) is 4.88. The van der Waals surface area contributed by atoms with E-state index in [0.717, 1.165) is 21.9 Å². The molecule has 2 atom stereocenters. The number of fused-ring (bicyclic) bond motifs is 1. The van der Waals surface area contributed by atoms with Crippen LogP contribution in [-0.2, 0) is 0 Å². The Morgan fingerprint density at radius 1 is 1.13 bits per heavy atom. The van der Waals surface area contributed by atoms with E-state index in [4.69, 9.17) is 11.6 Å². The van der Waals surface area contributed by atoms with E-state index >= 15 is 0 Å². The second-order valence-electron chi connectivity index (χ2n) is 5.58. The van der Waals surface area contributed by atoms with Crippen LogP contribution in [0.25, 0.3) is 0 Å². The van der Waals surface area contributed by atoms with Crippen LogP contribution in [0.4, 0.5) is 5.95 Å². The van der Waals surface area contributed by atoms with Crippen molar-refractivity contribution in [1.29, 1.82) is 0 Å². The fourth-order valence-corrected chi connectivity index (χ4v) is 3.57. The molecule has 0 radical (unpaired) electrons. The third kappa shape index (κ3) is 2.86. The van der Waals surface area contributed by atoms with Crippen molar-refractivity contribution in [2.24, 2.45) is 0 Å². The van der Waals surface area contributed by atoms with E-state index in [9.17, 15) is 0 Å². The van der Waals surface area contributed by atoms with Crippen LogP contribution in [0.2, 0.25) is 5.02 Å². The highest BCUT2D eigenvalue weighted by Crippen LogP contribution is 2.37. The molecule has 1 aliphatic heterocycles. The summed E-state index contributed by atoms with van der Waals surface area (Å²) in [6.45, 7) is 0. The number of halogens is 2. The average molecular weight is 390 g/mol. The molecule has 2 heterocycles. The summed E-state index contributed by atoms with van der Waals surface area (Å²) >= 11 is 9.56. The first-order valence-corrected chi connectivity index (χ1v) is 8.55.